The number of fused-ring (bicyclic) bond motifs is 1. The monoisotopic (exact) mass is 304 g/mol. The first-order valence-electron chi connectivity index (χ1n) is 6.20. The lowest BCUT2D eigenvalue weighted by molar-refractivity contribution is 0.475. The molecular weight excluding hydrogens is 292 g/mol. The number of aromatic hydroxyl groups is 1. The Hall–Kier alpha value is -1.78. The van der Waals surface area contributed by atoms with Crippen LogP contribution in [0.15, 0.2) is 36.4 Å². The van der Waals surface area contributed by atoms with Gasteiger partial charge in [-0.2, -0.15) is 0 Å². The van der Waals surface area contributed by atoms with Gasteiger partial charge in [0, 0.05) is 12.2 Å². The third-order valence-electron chi connectivity index (χ3n) is 3.00. The summed E-state index contributed by atoms with van der Waals surface area (Å²) in [4.78, 5) is 4.44. The van der Waals surface area contributed by atoms with Crippen LogP contribution >= 0.6 is 22.9 Å². The van der Waals surface area contributed by atoms with E-state index in [1.165, 1.54) is 4.70 Å². The molecular formula is C15H13ClN2OS. The molecule has 0 fully saturated rings. The quantitative estimate of drug-likeness (QED) is 0.744. The lowest BCUT2D eigenvalue weighted by Gasteiger charge is -2.07. The molecule has 102 valence electrons. The molecule has 0 aliphatic heterocycles. The number of thiazole rings is 1. The Morgan fingerprint density at radius 2 is 2.10 bits per heavy atom. The fourth-order valence-corrected chi connectivity index (χ4v) is 3.08. The van der Waals surface area contributed by atoms with Crippen LogP contribution in [0.2, 0.25) is 5.02 Å². The van der Waals surface area contributed by atoms with E-state index >= 15 is 0 Å². The molecule has 3 nitrogen and oxygen atoms in total. The molecule has 1 heterocycles. The van der Waals surface area contributed by atoms with Crippen molar-refractivity contribution in [3.8, 4) is 5.75 Å². The van der Waals surface area contributed by atoms with Crippen LogP contribution in [0.3, 0.4) is 0 Å². The first-order chi connectivity index (χ1) is 9.61. The zero-order chi connectivity index (χ0) is 14.1. The second-order valence-corrected chi connectivity index (χ2v) is 6.20. The molecule has 3 rings (SSSR count). The van der Waals surface area contributed by atoms with Crippen LogP contribution in [0.4, 0.5) is 5.69 Å². The summed E-state index contributed by atoms with van der Waals surface area (Å²) in [5.41, 5.74) is 3.10. The summed E-state index contributed by atoms with van der Waals surface area (Å²) < 4.78 is 1.18. The van der Waals surface area contributed by atoms with Crippen molar-refractivity contribution >= 4 is 38.8 Å². The van der Waals surface area contributed by atoms with Gasteiger partial charge in [0.15, 0.2) is 0 Å². The molecule has 0 radical (unpaired) electrons. The molecule has 0 bridgehead atoms. The minimum Gasteiger partial charge on any atom is -0.506 e. The highest BCUT2D eigenvalue weighted by Gasteiger charge is 2.03. The Labute approximate surface area is 125 Å². The van der Waals surface area contributed by atoms with Crippen molar-refractivity contribution in [2.24, 2.45) is 0 Å². The lowest BCUT2D eigenvalue weighted by atomic mass is 10.2. The van der Waals surface area contributed by atoms with Gasteiger partial charge in [0.05, 0.1) is 20.2 Å². The predicted molar refractivity (Wildman–Crippen MR) is 84.8 cm³/mol. The first-order valence-corrected chi connectivity index (χ1v) is 7.40. The molecule has 0 aliphatic carbocycles. The fraction of sp³-hybridized carbons (Fsp3) is 0.133. The fourth-order valence-electron chi connectivity index (χ4n) is 2.01. The molecule has 0 unspecified atom stereocenters. The average Bonchev–Trinajstić information content (AvgIpc) is 2.79. The van der Waals surface area contributed by atoms with Crippen molar-refractivity contribution in [3.05, 3.63) is 52.0 Å². The minimum atomic E-state index is 0.108. The number of nitrogens with one attached hydrogen (secondary N) is 1. The minimum absolute atomic E-state index is 0.108. The summed E-state index contributed by atoms with van der Waals surface area (Å²) in [6.45, 7) is 2.67. The number of anilines is 1. The van der Waals surface area contributed by atoms with Crippen LogP contribution in [-0.4, -0.2) is 10.1 Å². The molecule has 1 aromatic heterocycles. The summed E-state index contributed by atoms with van der Waals surface area (Å²) in [5, 5.41) is 14.2. The third-order valence-corrected chi connectivity index (χ3v) is 4.24. The van der Waals surface area contributed by atoms with E-state index in [1.807, 2.05) is 25.1 Å². The summed E-state index contributed by atoms with van der Waals surface area (Å²) in [5.74, 6) is 0.108. The van der Waals surface area contributed by atoms with Gasteiger partial charge in [0.2, 0.25) is 0 Å². The van der Waals surface area contributed by atoms with Crippen LogP contribution in [0.1, 0.15) is 10.6 Å². The Bertz CT molecular complexity index is 770. The number of benzene rings is 2. The highest BCUT2D eigenvalue weighted by Crippen LogP contribution is 2.26. The molecule has 0 saturated carbocycles. The van der Waals surface area contributed by atoms with Crippen molar-refractivity contribution in [3.63, 3.8) is 0 Å². The highest BCUT2D eigenvalue weighted by molar-refractivity contribution is 7.18. The standard InChI is InChI=1S/C15H13ClN2OS/c1-9-18-13-4-3-11(7-15(13)20-9)17-8-10-2-5-14(19)12(16)6-10/h2-7,17,19H,8H2,1H3. The van der Waals surface area contributed by atoms with E-state index in [4.69, 9.17) is 11.6 Å². The van der Waals surface area contributed by atoms with Crippen molar-refractivity contribution in [2.45, 2.75) is 13.5 Å². The molecule has 3 aromatic rings. The number of aryl methyl sites for hydroxylation is 1. The Morgan fingerprint density at radius 1 is 1.25 bits per heavy atom. The van der Waals surface area contributed by atoms with E-state index in [0.717, 1.165) is 21.8 Å². The second-order valence-electron chi connectivity index (χ2n) is 4.55. The summed E-state index contributed by atoms with van der Waals surface area (Å²) in [7, 11) is 0. The van der Waals surface area contributed by atoms with E-state index in [1.54, 1.807) is 23.5 Å². The van der Waals surface area contributed by atoms with Gasteiger partial charge in [-0.3, -0.25) is 0 Å². The van der Waals surface area contributed by atoms with Crippen LogP contribution < -0.4 is 5.32 Å². The summed E-state index contributed by atoms with van der Waals surface area (Å²) in [6, 6.07) is 11.4. The van der Waals surface area contributed by atoms with Crippen molar-refractivity contribution < 1.29 is 5.11 Å². The van der Waals surface area contributed by atoms with Crippen molar-refractivity contribution in [1.29, 1.82) is 0 Å². The van der Waals surface area contributed by atoms with Gasteiger partial charge in [-0.25, -0.2) is 4.98 Å². The molecule has 20 heavy (non-hydrogen) atoms. The van der Waals surface area contributed by atoms with Crippen LogP contribution in [0.25, 0.3) is 10.2 Å². The Balaban J connectivity index is 1.77. The largest absolute Gasteiger partial charge is 0.506 e. The van der Waals surface area contributed by atoms with Gasteiger partial charge < -0.3 is 10.4 Å². The first kappa shape index (κ1) is 13.2. The van der Waals surface area contributed by atoms with Crippen LogP contribution in [-0.2, 0) is 6.54 Å². The van der Waals surface area contributed by atoms with Crippen LogP contribution in [0, 0.1) is 6.92 Å². The van der Waals surface area contributed by atoms with Gasteiger partial charge in [-0.1, -0.05) is 17.7 Å². The summed E-state index contributed by atoms with van der Waals surface area (Å²) >= 11 is 7.58. The maximum atomic E-state index is 9.39. The topological polar surface area (TPSA) is 45.2 Å². The molecule has 0 amide bonds. The molecule has 0 aliphatic rings. The molecule has 5 heteroatoms. The third kappa shape index (κ3) is 2.71. The second kappa shape index (κ2) is 5.31. The summed E-state index contributed by atoms with van der Waals surface area (Å²) in [6.07, 6.45) is 0. The number of hydrogen-bond donors (Lipinski definition) is 2. The van der Waals surface area contributed by atoms with E-state index in [9.17, 15) is 5.11 Å². The zero-order valence-corrected chi connectivity index (χ0v) is 12.4. The average molecular weight is 305 g/mol. The number of phenolic OH excluding ortho intramolecular Hbond substituents is 1. The molecule has 0 atom stereocenters. The number of halogens is 1. The highest BCUT2D eigenvalue weighted by atomic mass is 35.5. The lowest BCUT2D eigenvalue weighted by Crippen LogP contribution is -1.98. The van der Waals surface area contributed by atoms with Crippen molar-refractivity contribution in [2.75, 3.05) is 5.32 Å². The van der Waals surface area contributed by atoms with Gasteiger partial charge in [0.25, 0.3) is 0 Å². The normalized spacial score (nSPS) is 10.9. The van der Waals surface area contributed by atoms with Gasteiger partial charge in [-0.05, 0) is 42.8 Å². The Kier molecular flexibility index (Phi) is 3.51. The van der Waals surface area contributed by atoms with E-state index in [-0.39, 0.29) is 5.75 Å². The van der Waals surface area contributed by atoms with E-state index in [2.05, 4.69) is 16.4 Å². The number of phenols is 1. The zero-order valence-electron chi connectivity index (χ0n) is 10.9. The number of aromatic nitrogens is 1. The van der Waals surface area contributed by atoms with Crippen molar-refractivity contribution in [1.82, 2.24) is 4.98 Å². The van der Waals surface area contributed by atoms with E-state index in [0.29, 0.717) is 11.6 Å². The smallest absolute Gasteiger partial charge is 0.134 e. The molecule has 0 saturated heterocycles. The van der Waals surface area contributed by atoms with Gasteiger partial charge >= 0.3 is 0 Å². The maximum Gasteiger partial charge on any atom is 0.134 e. The number of rotatable bonds is 3. The molecule has 2 aromatic carbocycles. The van der Waals surface area contributed by atoms with E-state index < -0.39 is 0 Å². The number of nitrogens with zero attached hydrogens (tertiary/aromatic N) is 1. The molecule has 2 N–H and O–H groups in total. The van der Waals surface area contributed by atoms with Crippen LogP contribution in [0.5, 0.6) is 5.75 Å². The number of hydrogen-bond acceptors (Lipinski definition) is 4. The maximum absolute atomic E-state index is 9.39. The predicted octanol–water partition coefficient (Wildman–Crippen LogP) is 4.58. The SMILES string of the molecule is Cc1nc2ccc(NCc3ccc(O)c(Cl)c3)cc2s1. The van der Waals surface area contributed by atoms with Gasteiger partial charge in [0.1, 0.15) is 5.75 Å². The molecule has 0 spiro atoms. The Morgan fingerprint density at radius 3 is 2.90 bits per heavy atom. The van der Waals surface area contributed by atoms with Gasteiger partial charge in [-0.15, -0.1) is 11.3 Å².